The monoisotopic (exact) mass is 526 g/mol. The van der Waals surface area contributed by atoms with Crippen molar-refractivity contribution in [1.29, 1.82) is 0 Å². The van der Waals surface area contributed by atoms with Crippen molar-refractivity contribution >= 4 is 64.5 Å². The van der Waals surface area contributed by atoms with E-state index in [0.29, 0.717) is 11.5 Å². The van der Waals surface area contributed by atoms with Crippen molar-refractivity contribution in [3.8, 4) is 11.5 Å². The van der Waals surface area contributed by atoms with Crippen molar-refractivity contribution in [3.05, 3.63) is 67.5 Å². The topological polar surface area (TPSA) is 35.5 Å². The van der Waals surface area contributed by atoms with E-state index in [9.17, 15) is 4.79 Å². The molecule has 0 N–H and O–H groups in total. The second-order valence-electron chi connectivity index (χ2n) is 5.40. The molecule has 0 aliphatic heterocycles. The molecule has 0 heterocycles. The Hall–Kier alpha value is -1.37. The number of benzene rings is 3. The summed E-state index contributed by atoms with van der Waals surface area (Å²) in [6, 6.07) is 15.4. The lowest BCUT2D eigenvalue weighted by Gasteiger charge is -2.12. The van der Waals surface area contributed by atoms with Crippen molar-refractivity contribution < 1.29 is 14.3 Å². The fourth-order valence-electron chi connectivity index (χ4n) is 2.45. The Kier molecular flexibility index (Phi) is 5.81. The quantitative estimate of drug-likeness (QED) is 0.289. The number of ether oxygens (including phenoxy) is 2. The van der Waals surface area contributed by atoms with E-state index in [-0.39, 0.29) is 6.61 Å². The Morgan fingerprint density at radius 2 is 1.80 bits per heavy atom. The summed E-state index contributed by atoms with van der Waals surface area (Å²) in [4.78, 5) is 12.2. The van der Waals surface area contributed by atoms with E-state index in [1.54, 1.807) is 6.07 Å². The summed E-state index contributed by atoms with van der Waals surface area (Å²) in [6.45, 7) is 1.73. The number of halogens is 3. The molecule has 25 heavy (non-hydrogen) atoms. The summed E-state index contributed by atoms with van der Waals surface area (Å²) >= 11 is 10.4. The largest absolute Gasteiger partial charge is 0.480 e. The lowest BCUT2D eigenvalue weighted by atomic mass is 10.1. The SMILES string of the molecule is Cc1cc(Br)cc(Br)c1OCC(=O)Oc1ccc2ccccc2c1Br. The Bertz CT molecular complexity index is 931. The summed E-state index contributed by atoms with van der Waals surface area (Å²) in [5.74, 6) is 0.627. The molecule has 0 unspecified atom stereocenters. The second-order valence-corrected chi connectivity index (χ2v) is 7.96. The molecule has 0 aromatic heterocycles. The van der Waals surface area contributed by atoms with Gasteiger partial charge in [0.1, 0.15) is 11.5 Å². The van der Waals surface area contributed by atoms with Crippen molar-refractivity contribution in [2.75, 3.05) is 6.61 Å². The van der Waals surface area contributed by atoms with Gasteiger partial charge in [-0.2, -0.15) is 0 Å². The van der Waals surface area contributed by atoms with Gasteiger partial charge in [0.05, 0.1) is 8.95 Å². The van der Waals surface area contributed by atoms with Gasteiger partial charge >= 0.3 is 5.97 Å². The highest BCUT2D eigenvalue weighted by atomic mass is 79.9. The molecule has 3 aromatic rings. The average molecular weight is 529 g/mol. The number of hydrogen-bond donors (Lipinski definition) is 0. The highest BCUT2D eigenvalue weighted by molar-refractivity contribution is 9.11. The zero-order valence-electron chi connectivity index (χ0n) is 13.2. The first kappa shape index (κ1) is 18.4. The van der Waals surface area contributed by atoms with Crippen LogP contribution in [-0.4, -0.2) is 12.6 Å². The summed E-state index contributed by atoms with van der Waals surface area (Å²) in [6.07, 6.45) is 0. The first-order chi connectivity index (χ1) is 12.0. The molecule has 0 spiro atoms. The minimum atomic E-state index is -0.467. The summed E-state index contributed by atoms with van der Waals surface area (Å²) in [5, 5.41) is 2.06. The molecule has 0 atom stereocenters. The van der Waals surface area contributed by atoms with Crippen LogP contribution in [0.1, 0.15) is 5.56 Å². The summed E-state index contributed by atoms with van der Waals surface area (Å²) in [5.41, 5.74) is 0.918. The first-order valence-electron chi connectivity index (χ1n) is 7.42. The third kappa shape index (κ3) is 4.25. The zero-order chi connectivity index (χ0) is 18.0. The molecule has 0 radical (unpaired) electrons. The number of carbonyl (C=O) groups is 1. The molecule has 0 aliphatic carbocycles. The molecule has 0 amide bonds. The van der Waals surface area contributed by atoms with Crippen molar-refractivity contribution in [1.82, 2.24) is 0 Å². The second kappa shape index (κ2) is 7.89. The van der Waals surface area contributed by atoms with E-state index in [4.69, 9.17) is 9.47 Å². The van der Waals surface area contributed by atoms with Gasteiger partial charge < -0.3 is 9.47 Å². The highest BCUT2D eigenvalue weighted by Crippen LogP contribution is 2.34. The van der Waals surface area contributed by atoms with Crippen LogP contribution in [0.3, 0.4) is 0 Å². The molecule has 0 aliphatic rings. The lowest BCUT2D eigenvalue weighted by molar-refractivity contribution is -0.136. The van der Waals surface area contributed by atoms with Gasteiger partial charge in [-0.25, -0.2) is 4.79 Å². The van der Waals surface area contributed by atoms with Gasteiger partial charge in [-0.15, -0.1) is 0 Å². The Morgan fingerprint density at radius 3 is 2.56 bits per heavy atom. The fourth-order valence-corrected chi connectivity index (χ4v) is 4.57. The predicted molar refractivity (Wildman–Crippen MR) is 109 cm³/mol. The van der Waals surface area contributed by atoms with Crippen LogP contribution in [0, 0.1) is 6.92 Å². The first-order valence-corrected chi connectivity index (χ1v) is 9.80. The molecule has 128 valence electrons. The van der Waals surface area contributed by atoms with E-state index in [0.717, 1.165) is 29.8 Å². The minimum Gasteiger partial charge on any atom is -0.480 e. The number of esters is 1. The smallest absolute Gasteiger partial charge is 0.349 e. The number of hydrogen-bond acceptors (Lipinski definition) is 3. The Balaban J connectivity index is 1.72. The van der Waals surface area contributed by atoms with E-state index >= 15 is 0 Å². The maximum absolute atomic E-state index is 12.2. The molecule has 3 aromatic carbocycles. The van der Waals surface area contributed by atoms with Crippen LogP contribution < -0.4 is 9.47 Å². The van der Waals surface area contributed by atoms with Crippen molar-refractivity contribution in [2.45, 2.75) is 6.92 Å². The minimum absolute atomic E-state index is 0.180. The van der Waals surface area contributed by atoms with Crippen LogP contribution in [-0.2, 0) is 4.79 Å². The number of rotatable bonds is 4. The standard InChI is InChI=1S/C19H13Br3O3/c1-11-8-13(20)9-15(21)19(11)24-10-17(23)25-16-7-6-12-4-2-3-5-14(12)18(16)22/h2-9H,10H2,1H3. The van der Waals surface area contributed by atoms with Gasteiger partial charge in [0.15, 0.2) is 6.61 Å². The average Bonchev–Trinajstić information content (AvgIpc) is 2.56. The van der Waals surface area contributed by atoms with E-state index in [2.05, 4.69) is 47.8 Å². The van der Waals surface area contributed by atoms with Gasteiger partial charge in [-0.05, 0) is 73.3 Å². The lowest BCUT2D eigenvalue weighted by Crippen LogP contribution is -2.18. The van der Waals surface area contributed by atoms with Crippen molar-refractivity contribution in [2.24, 2.45) is 0 Å². The molecule has 0 fully saturated rings. The molecular weight excluding hydrogens is 516 g/mol. The van der Waals surface area contributed by atoms with Crippen LogP contribution in [0.5, 0.6) is 11.5 Å². The van der Waals surface area contributed by atoms with Crippen LogP contribution in [0.2, 0.25) is 0 Å². The van der Waals surface area contributed by atoms with Gasteiger partial charge in [-0.1, -0.05) is 46.3 Å². The maximum Gasteiger partial charge on any atom is 0.349 e. The van der Waals surface area contributed by atoms with Crippen LogP contribution in [0.4, 0.5) is 0 Å². The maximum atomic E-state index is 12.2. The van der Waals surface area contributed by atoms with Crippen LogP contribution in [0.25, 0.3) is 10.8 Å². The molecule has 3 nitrogen and oxygen atoms in total. The third-order valence-electron chi connectivity index (χ3n) is 3.58. The van der Waals surface area contributed by atoms with Crippen LogP contribution >= 0.6 is 47.8 Å². The van der Waals surface area contributed by atoms with E-state index < -0.39 is 5.97 Å². The highest BCUT2D eigenvalue weighted by Gasteiger charge is 2.13. The molecule has 0 saturated carbocycles. The third-order valence-corrected chi connectivity index (χ3v) is 5.44. The number of aryl methyl sites for hydroxylation is 1. The molecular formula is C19H13Br3O3. The fraction of sp³-hybridized carbons (Fsp3) is 0.105. The number of fused-ring (bicyclic) bond motifs is 1. The number of carbonyl (C=O) groups excluding carboxylic acids is 1. The van der Waals surface area contributed by atoms with Crippen molar-refractivity contribution in [3.63, 3.8) is 0 Å². The zero-order valence-corrected chi connectivity index (χ0v) is 17.9. The van der Waals surface area contributed by atoms with Gasteiger partial charge in [0.2, 0.25) is 0 Å². The predicted octanol–water partition coefficient (Wildman–Crippen LogP) is 6.42. The Morgan fingerprint density at radius 1 is 1.04 bits per heavy atom. The van der Waals surface area contributed by atoms with E-state index in [1.165, 1.54) is 0 Å². The molecule has 6 heteroatoms. The van der Waals surface area contributed by atoms with Crippen LogP contribution in [0.15, 0.2) is 61.9 Å². The Labute approximate surface area is 170 Å². The van der Waals surface area contributed by atoms with Gasteiger partial charge in [0.25, 0.3) is 0 Å². The molecule has 0 bridgehead atoms. The van der Waals surface area contributed by atoms with Gasteiger partial charge in [-0.3, -0.25) is 0 Å². The normalized spacial score (nSPS) is 10.7. The van der Waals surface area contributed by atoms with Gasteiger partial charge in [0, 0.05) is 4.47 Å². The summed E-state index contributed by atoms with van der Waals surface area (Å²) in [7, 11) is 0. The van der Waals surface area contributed by atoms with E-state index in [1.807, 2.05) is 49.4 Å². The molecule has 0 saturated heterocycles. The molecule has 3 rings (SSSR count). The summed E-state index contributed by atoms with van der Waals surface area (Å²) < 4.78 is 13.5.